The number of hydrogen-bond donors (Lipinski definition) is 0. The van der Waals surface area contributed by atoms with Gasteiger partial charge < -0.3 is 4.90 Å². The molecule has 182 valence electrons. The van der Waals surface area contributed by atoms with Gasteiger partial charge in [-0.3, -0.25) is 19.0 Å². The van der Waals surface area contributed by atoms with Crippen LogP contribution in [-0.4, -0.2) is 52.8 Å². The van der Waals surface area contributed by atoms with E-state index < -0.39 is 0 Å². The van der Waals surface area contributed by atoms with Crippen LogP contribution in [0.4, 0.5) is 0 Å². The van der Waals surface area contributed by atoms with Gasteiger partial charge in [0.15, 0.2) is 0 Å². The molecule has 1 aliphatic heterocycles. The van der Waals surface area contributed by atoms with E-state index in [1.165, 1.54) is 0 Å². The minimum absolute atomic E-state index is 0.0160. The maximum Gasteiger partial charge on any atom is 0.335 e. The molecule has 1 fully saturated rings. The minimum atomic E-state index is -0.263. The molecule has 0 radical (unpaired) electrons. The molecule has 0 bridgehead atoms. The number of fused-ring (bicyclic) bond motifs is 2. The van der Waals surface area contributed by atoms with Crippen LogP contribution in [0, 0.1) is 6.92 Å². The van der Waals surface area contributed by atoms with E-state index in [9.17, 15) is 9.59 Å². The zero-order valence-corrected chi connectivity index (χ0v) is 20.4. The normalized spacial score (nSPS) is 14.1. The smallest absolute Gasteiger partial charge is 0.335 e. The second-order valence-corrected chi connectivity index (χ2v) is 9.38. The highest BCUT2D eigenvalue weighted by molar-refractivity contribution is 5.93. The van der Waals surface area contributed by atoms with Crippen LogP contribution in [0.15, 0.2) is 59.9 Å². The van der Waals surface area contributed by atoms with Gasteiger partial charge in [0.05, 0.1) is 28.9 Å². The summed E-state index contributed by atoms with van der Waals surface area (Å²) < 4.78 is 4.98. The average molecular weight is 482 g/mol. The Morgan fingerprint density at radius 2 is 1.81 bits per heavy atom. The fourth-order valence-corrected chi connectivity index (χ4v) is 5.18. The van der Waals surface area contributed by atoms with Crippen molar-refractivity contribution in [1.82, 2.24) is 33.8 Å². The summed E-state index contributed by atoms with van der Waals surface area (Å²) in [5, 5.41) is 5.33. The summed E-state index contributed by atoms with van der Waals surface area (Å²) in [5.74, 6) is 0.497. The number of amides is 1. The van der Waals surface area contributed by atoms with Gasteiger partial charge in [0.25, 0.3) is 0 Å². The summed E-state index contributed by atoms with van der Waals surface area (Å²) in [6, 6.07) is 9.57. The lowest BCUT2D eigenvalue weighted by Gasteiger charge is -2.26. The van der Waals surface area contributed by atoms with Crippen molar-refractivity contribution in [3.05, 3.63) is 71.2 Å². The van der Waals surface area contributed by atoms with Crippen molar-refractivity contribution in [2.24, 2.45) is 7.05 Å². The number of imidazole rings is 1. The van der Waals surface area contributed by atoms with E-state index in [1.807, 2.05) is 55.4 Å². The molecule has 0 spiro atoms. The summed E-state index contributed by atoms with van der Waals surface area (Å²) >= 11 is 0. The molecule has 0 N–H and O–H groups in total. The molecule has 36 heavy (non-hydrogen) atoms. The van der Waals surface area contributed by atoms with Crippen molar-refractivity contribution in [3.63, 3.8) is 0 Å². The summed E-state index contributed by atoms with van der Waals surface area (Å²) in [4.78, 5) is 37.6. The van der Waals surface area contributed by atoms with Crippen LogP contribution in [0.1, 0.15) is 24.8 Å². The number of benzene rings is 1. The molecule has 9 heteroatoms. The standard InChI is InChI=1S/C27H27N7O2/c1-18-7-6-8-22-26(18)34(27(36)33(22)17-25(35)32-11-4-3-5-12-32)24-10-9-19(13-29-24)20-14-28-16-23-21(20)15-30-31(23)2/h6-10,13-16H,3-5,11-12,17H2,1-2H3. The summed E-state index contributed by atoms with van der Waals surface area (Å²) in [6.07, 6.45) is 10.3. The fraction of sp³-hybridized carbons (Fsp3) is 0.296. The molecule has 1 saturated heterocycles. The third-order valence-electron chi connectivity index (χ3n) is 7.12. The van der Waals surface area contributed by atoms with Crippen LogP contribution < -0.4 is 5.69 Å². The van der Waals surface area contributed by atoms with Gasteiger partial charge in [-0.1, -0.05) is 12.1 Å². The number of para-hydroxylation sites is 1. The Bertz CT molecular complexity index is 1650. The van der Waals surface area contributed by atoms with Crippen LogP contribution in [0.2, 0.25) is 0 Å². The average Bonchev–Trinajstić information content (AvgIpc) is 3.43. The molecule has 4 aromatic heterocycles. The zero-order chi connectivity index (χ0) is 24.8. The largest absolute Gasteiger partial charge is 0.341 e. The number of nitrogens with zero attached hydrogens (tertiary/aromatic N) is 7. The van der Waals surface area contributed by atoms with Crippen molar-refractivity contribution in [2.45, 2.75) is 32.7 Å². The van der Waals surface area contributed by atoms with Crippen molar-refractivity contribution in [3.8, 4) is 16.9 Å². The lowest BCUT2D eigenvalue weighted by molar-refractivity contribution is -0.132. The van der Waals surface area contributed by atoms with Crippen molar-refractivity contribution in [2.75, 3.05) is 13.1 Å². The van der Waals surface area contributed by atoms with Crippen LogP contribution in [0.25, 0.3) is 38.9 Å². The monoisotopic (exact) mass is 481 g/mol. The molecule has 0 aliphatic carbocycles. The van der Waals surface area contributed by atoms with E-state index >= 15 is 0 Å². The Hall–Kier alpha value is -4.27. The van der Waals surface area contributed by atoms with Crippen molar-refractivity contribution < 1.29 is 4.79 Å². The predicted molar refractivity (Wildman–Crippen MR) is 138 cm³/mol. The highest BCUT2D eigenvalue weighted by Gasteiger charge is 2.22. The maximum absolute atomic E-state index is 13.7. The van der Waals surface area contributed by atoms with E-state index in [0.29, 0.717) is 5.82 Å². The number of hydrogen-bond acceptors (Lipinski definition) is 5. The molecular weight excluding hydrogens is 454 g/mol. The summed E-state index contributed by atoms with van der Waals surface area (Å²) in [6.45, 7) is 3.51. The number of likely N-dealkylation sites (tertiary alicyclic amines) is 1. The molecule has 5 heterocycles. The Labute approximate surface area is 207 Å². The van der Waals surface area contributed by atoms with Gasteiger partial charge in [-0.25, -0.2) is 14.3 Å². The van der Waals surface area contributed by atoms with E-state index in [0.717, 1.165) is 71.0 Å². The van der Waals surface area contributed by atoms with E-state index in [4.69, 9.17) is 0 Å². The number of pyridine rings is 2. The molecule has 0 saturated carbocycles. The first-order valence-corrected chi connectivity index (χ1v) is 12.2. The summed E-state index contributed by atoms with van der Waals surface area (Å²) in [5.41, 5.74) is 4.94. The molecule has 9 nitrogen and oxygen atoms in total. The number of carbonyl (C=O) groups is 1. The summed E-state index contributed by atoms with van der Waals surface area (Å²) in [7, 11) is 1.88. The Balaban J connectivity index is 1.42. The topological polar surface area (TPSA) is 90.8 Å². The van der Waals surface area contributed by atoms with Gasteiger partial charge in [-0.15, -0.1) is 0 Å². The number of aryl methyl sites for hydroxylation is 2. The van der Waals surface area contributed by atoms with Crippen molar-refractivity contribution in [1.29, 1.82) is 0 Å². The maximum atomic E-state index is 13.7. The third-order valence-corrected chi connectivity index (χ3v) is 7.12. The molecule has 5 aromatic rings. The molecule has 1 aromatic carbocycles. The molecule has 1 amide bonds. The Morgan fingerprint density at radius 3 is 2.58 bits per heavy atom. The number of piperidine rings is 1. The number of aromatic nitrogens is 6. The highest BCUT2D eigenvalue weighted by Crippen LogP contribution is 2.28. The lowest BCUT2D eigenvalue weighted by atomic mass is 10.1. The van der Waals surface area contributed by atoms with Gasteiger partial charge in [0, 0.05) is 49.0 Å². The first kappa shape index (κ1) is 22.2. The predicted octanol–water partition coefficient (Wildman–Crippen LogP) is 3.46. The van der Waals surface area contributed by atoms with Crippen LogP contribution in [0.3, 0.4) is 0 Å². The van der Waals surface area contributed by atoms with Gasteiger partial charge in [0.2, 0.25) is 5.91 Å². The number of carbonyl (C=O) groups excluding carboxylic acids is 1. The Kier molecular flexibility index (Phi) is 5.40. The first-order chi connectivity index (χ1) is 17.5. The molecule has 6 rings (SSSR count). The number of rotatable bonds is 4. The third kappa shape index (κ3) is 3.59. The van der Waals surface area contributed by atoms with Gasteiger partial charge in [0.1, 0.15) is 12.4 Å². The van der Waals surface area contributed by atoms with Crippen LogP contribution >= 0.6 is 0 Å². The van der Waals surface area contributed by atoms with Gasteiger partial charge in [-0.05, 0) is 49.9 Å². The van der Waals surface area contributed by atoms with Gasteiger partial charge >= 0.3 is 5.69 Å². The lowest BCUT2D eigenvalue weighted by Crippen LogP contribution is -2.39. The SMILES string of the molecule is Cc1cccc2c1n(-c1ccc(-c3cncc4c3cnn4C)cn1)c(=O)n2CC(=O)N1CCCCC1. The van der Waals surface area contributed by atoms with E-state index in [2.05, 4.69) is 15.1 Å². The Morgan fingerprint density at radius 1 is 0.972 bits per heavy atom. The molecule has 1 aliphatic rings. The van der Waals surface area contributed by atoms with Crippen molar-refractivity contribution >= 4 is 27.8 Å². The van der Waals surface area contributed by atoms with Crippen LogP contribution in [-0.2, 0) is 18.4 Å². The quantitative estimate of drug-likeness (QED) is 0.392. The van der Waals surface area contributed by atoms with E-state index in [-0.39, 0.29) is 18.1 Å². The molecule has 0 atom stereocenters. The second-order valence-electron chi connectivity index (χ2n) is 9.38. The zero-order valence-electron chi connectivity index (χ0n) is 20.4. The van der Waals surface area contributed by atoms with Gasteiger partial charge in [-0.2, -0.15) is 5.10 Å². The fourth-order valence-electron chi connectivity index (χ4n) is 5.18. The molecular formula is C27H27N7O2. The second kappa shape index (κ2) is 8.75. The molecule has 0 unspecified atom stereocenters. The van der Waals surface area contributed by atoms with E-state index in [1.54, 1.807) is 32.4 Å². The highest BCUT2D eigenvalue weighted by atomic mass is 16.2. The van der Waals surface area contributed by atoms with Crippen LogP contribution in [0.5, 0.6) is 0 Å². The first-order valence-electron chi connectivity index (χ1n) is 12.2. The minimum Gasteiger partial charge on any atom is -0.341 e.